The van der Waals surface area contributed by atoms with E-state index in [1.54, 1.807) is 12.3 Å². The molecule has 1 rings (SSSR count). The van der Waals surface area contributed by atoms with Gasteiger partial charge >= 0.3 is 0 Å². The smallest absolute Gasteiger partial charge is 0.136 e. The van der Waals surface area contributed by atoms with Gasteiger partial charge in [0, 0.05) is 6.20 Å². The summed E-state index contributed by atoms with van der Waals surface area (Å²) in [4.78, 5) is 15.2. The number of ketones is 1. The van der Waals surface area contributed by atoms with Crippen LogP contribution in [0.4, 0.5) is 5.82 Å². The van der Waals surface area contributed by atoms with Gasteiger partial charge in [-0.25, -0.2) is 4.98 Å². The van der Waals surface area contributed by atoms with Crippen LogP contribution >= 0.6 is 12.2 Å². The molecular formula is C9H10N2OS. The molecule has 0 saturated heterocycles. The monoisotopic (exact) mass is 194 g/mol. The van der Waals surface area contributed by atoms with Crippen LogP contribution in [0, 0.1) is 0 Å². The lowest BCUT2D eigenvalue weighted by Crippen LogP contribution is -2.13. The van der Waals surface area contributed by atoms with Crippen molar-refractivity contribution >= 4 is 28.8 Å². The highest BCUT2D eigenvalue weighted by Gasteiger charge is 2.00. The quantitative estimate of drug-likeness (QED) is 0.745. The van der Waals surface area contributed by atoms with Crippen LogP contribution in [0.1, 0.15) is 13.3 Å². The zero-order valence-electron chi connectivity index (χ0n) is 7.28. The molecule has 1 N–H and O–H groups in total. The highest BCUT2D eigenvalue weighted by molar-refractivity contribution is 7.80. The van der Waals surface area contributed by atoms with Gasteiger partial charge in [0.25, 0.3) is 0 Å². The molecule has 1 aromatic rings. The molecule has 4 heteroatoms. The van der Waals surface area contributed by atoms with Crippen molar-refractivity contribution in [2.45, 2.75) is 13.3 Å². The van der Waals surface area contributed by atoms with Crippen molar-refractivity contribution in [3.05, 3.63) is 24.4 Å². The number of rotatable bonds is 3. The van der Waals surface area contributed by atoms with E-state index in [1.807, 2.05) is 12.1 Å². The lowest BCUT2D eigenvalue weighted by atomic mass is 10.3. The van der Waals surface area contributed by atoms with Gasteiger partial charge in [0.2, 0.25) is 0 Å². The molecule has 68 valence electrons. The summed E-state index contributed by atoms with van der Waals surface area (Å²) >= 11 is 4.94. The number of aromatic nitrogens is 1. The highest BCUT2D eigenvalue weighted by atomic mass is 32.1. The van der Waals surface area contributed by atoms with Gasteiger partial charge in [0.05, 0.1) is 11.4 Å². The van der Waals surface area contributed by atoms with Crippen molar-refractivity contribution in [1.82, 2.24) is 4.98 Å². The third kappa shape index (κ3) is 3.75. The standard InChI is InChI=1S/C9H10N2OS/c1-7(12)6-9(13)11-8-4-2-3-5-10-8/h2-5H,6H2,1H3,(H,10,11,13). The second-order valence-corrected chi connectivity index (χ2v) is 3.13. The number of nitrogens with zero attached hydrogens (tertiary/aromatic N) is 1. The fraction of sp³-hybridized carbons (Fsp3) is 0.222. The van der Waals surface area contributed by atoms with Crippen LogP contribution in [-0.4, -0.2) is 15.8 Å². The van der Waals surface area contributed by atoms with Crippen molar-refractivity contribution in [3.8, 4) is 0 Å². The maximum atomic E-state index is 10.7. The maximum absolute atomic E-state index is 10.7. The lowest BCUT2D eigenvalue weighted by molar-refractivity contribution is -0.115. The molecule has 0 bridgehead atoms. The summed E-state index contributed by atoms with van der Waals surface area (Å²) < 4.78 is 0. The topological polar surface area (TPSA) is 42.0 Å². The molecule has 0 unspecified atom stereocenters. The summed E-state index contributed by atoms with van der Waals surface area (Å²) in [5.74, 6) is 0.724. The summed E-state index contributed by atoms with van der Waals surface area (Å²) in [5.41, 5.74) is 0. The maximum Gasteiger partial charge on any atom is 0.136 e. The number of thiocarbonyl (C=S) groups is 1. The van der Waals surface area contributed by atoms with Gasteiger partial charge in [-0.3, -0.25) is 4.79 Å². The number of hydrogen-bond donors (Lipinski definition) is 1. The van der Waals surface area contributed by atoms with Gasteiger partial charge in [-0.05, 0) is 19.1 Å². The summed E-state index contributed by atoms with van der Waals surface area (Å²) in [5, 5.41) is 2.87. The van der Waals surface area contributed by atoms with Gasteiger partial charge in [-0.2, -0.15) is 0 Å². The molecule has 1 heterocycles. The molecule has 1 aromatic heterocycles. The fourth-order valence-corrected chi connectivity index (χ4v) is 1.16. The molecule has 0 radical (unpaired) electrons. The van der Waals surface area contributed by atoms with Crippen molar-refractivity contribution in [2.75, 3.05) is 5.32 Å². The van der Waals surface area contributed by atoms with Gasteiger partial charge in [-0.15, -0.1) is 0 Å². The molecule has 13 heavy (non-hydrogen) atoms. The van der Waals surface area contributed by atoms with E-state index in [0.717, 1.165) is 0 Å². The first kappa shape index (κ1) is 9.80. The van der Waals surface area contributed by atoms with Crippen LogP contribution < -0.4 is 5.32 Å². The van der Waals surface area contributed by atoms with Crippen molar-refractivity contribution < 1.29 is 4.79 Å². The Labute approximate surface area is 82.2 Å². The molecule has 0 saturated carbocycles. The number of carbonyl (C=O) groups is 1. The summed E-state index contributed by atoms with van der Waals surface area (Å²) in [7, 11) is 0. The van der Waals surface area contributed by atoms with Crippen LogP contribution in [-0.2, 0) is 4.79 Å². The number of Topliss-reactive ketones (excluding diaryl/α,β-unsaturated/α-hetero) is 1. The van der Waals surface area contributed by atoms with E-state index in [0.29, 0.717) is 10.8 Å². The predicted molar refractivity (Wildman–Crippen MR) is 55.8 cm³/mol. The third-order valence-corrected chi connectivity index (χ3v) is 1.59. The number of pyridine rings is 1. The Morgan fingerprint density at radius 3 is 2.92 bits per heavy atom. The first-order valence-corrected chi connectivity index (χ1v) is 4.29. The number of hydrogen-bond acceptors (Lipinski definition) is 3. The van der Waals surface area contributed by atoms with Crippen LogP contribution in [0.2, 0.25) is 0 Å². The largest absolute Gasteiger partial charge is 0.334 e. The molecule has 0 fully saturated rings. The van der Waals surface area contributed by atoms with Crippen LogP contribution in [0.25, 0.3) is 0 Å². The van der Waals surface area contributed by atoms with Crippen LogP contribution in [0.15, 0.2) is 24.4 Å². The first-order valence-electron chi connectivity index (χ1n) is 3.89. The van der Waals surface area contributed by atoms with E-state index in [1.165, 1.54) is 6.92 Å². The minimum absolute atomic E-state index is 0.0495. The molecule has 0 aliphatic rings. The molecule has 0 amide bonds. The van der Waals surface area contributed by atoms with E-state index in [2.05, 4.69) is 10.3 Å². The average Bonchev–Trinajstić information content (AvgIpc) is 2.04. The Kier molecular flexibility index (Phi) is 3.52. The third-order valence-electron chi connectivity index (χ3n) is 1.34. The number of nitrogens with one attached hydrogen (secondary N) is 1. The van der Waals surface area contributed by atoms with Gasteiger partial charge in [0.1, 0.15) is 11.6 Å². The van der Waals surface area contributed by atoms with E-state index in [4.69, 9.17) is 12.2 Å². The normalized spacial score (nSPS) is 9.31. The zero-order valence-corrected chi connectivity index (χ0v) is 8.10. The van der Waals surface area contributed by atoms with Gasteiger partial charge in [0.15, 0.2) is 0 Å². The summed E-state index contributed by atoms with van der Waals surface area (Å²) in [6, 6.07) is 5.47. The van der Waals surface area contributed by atoms with E-state index in [-0.39, 0.29) is 12.2 Å². The molecular weight excluding hydrogens is 184 g/mol. The predicted octanol–water partition coefficient (Wildman–Crippen LogP) is 1.80. The molecule has 0 aromatic carbocycles. The van der Waals surface area contributed by atoms with Gasteiger partial charge < -0.3 is 5.32 Å². The number of carbonyl (C=O) groups excluding carboxylic acids is 1. The number of anilines is 1. The minimum atomic E-state index is 0.0495. The van der Waals surface area contributed by atoms with Crippen molar-refractivity contribution in [1.29, 1.82) is 0 Å². The second kappa shape index (κ2) is 4.67. The van der Waals surface area contributed by atoms with E-state index < -0.39 is 0 Å². The Morgan fingerprint density at radius 2 is 2.38 bits per heavy atom. The molecule has 0 spiro atoms. The Morgan fingerprint density at radius 1 is 1.62 bits per heavy atom. The Bertz CT molecular complexity index is 311. The average molecular weight is 194 g/mol. The van der Waals surface area contributed by atoms with Crippen molar-refractivity contribution in [2.24, 2.45) is 0 Å². The van der Waals surface area contributed by atoms with E-state index >= 15 is 0 Å². The Hall–Kier alpha value is -1.29. The Balaban J connectivity index is 2.50. The van der Waals surface area contributed by atoms with E-state index in [9.17, 15) is 4.79 Å². The summed E-state index contributed by atoms with van der Waals surface area (Å²) in [6.45, 7) is 1.51. The van der Waals surface area contributed by atoms with Crippen LogP contribution in [0.5, 0.6) is 0 Å². The molecule has 3 nitrogen and oxygen atoms in total. The van der Waals surface area contributed by atoms with Crippen LogP contribution in [0.3, 0.4) is 0 Å². The van der Waals surface area contributed by atoms with Gasteiger partial charge in [-0.1, -0.05) is 18.3 Å². The second-order valence-electron chi connectivity index (χ2n) is 2.64. The molecule has 0 aliphatic carbocycles. The lowest BCUT2D eigenvalue weighted by Gasteiger charge is -2.03. The molecule has 0 atom stereocenters. The minimum Gasteiger partial charge on any atom is -0.334 e. The SMILES string of the molecule is CC(=O)CC(=S)Nc1ccccn1. The molecule has 0 aliphatic heterocycles. The summed E-state index contributed by atoms with van der Waals surface area (Å²) in [6.07, 6.45) is 1.94. The fourth-order valence-electron chi connectivity index (χ4n) is 0.850. The highest BCUT2D eigenvalue weighted by Crippen LogP contribution is 2.01. The van der Waals surface area contributed by atoms with Crippen molar-refractivity contribution in [3.63, 3.8) is 0 Å². The zero-order chi connectivity index (χ0) is 9.68. The first-order chi connectivity index (χ1) is 6.18.